The Balaban J connectivity index is -0.000000815. The SMILES string of the molecule is CC.CC.CC.CC.CCOC(=O)Nc1ccc(NCc2ccc(F)cc2)nc1N. The van der Waals surface area contributed by atoms with E-state index in [-0.39, 0.29) is 18.2 Å². The predicted octanol–water partition coefficient (Wildman–Crippen LogP) is 7.09. The molecule has 0 aliphatic carbocycles. The zero-order chi connectivity index (χ0) is 23.9. The summed E-state index contributed by atoms with van der Waals surface area (Å²) in [5.74, 6) is 0.453. The molecule has 1 aromatic heterocycles. The molecule has 1 heterocycles. The number of hydrogen-bond acceptors (Lipinski definition) is 5. The van der Waals surface area contributed by atoms with E-state index in [1.165, 1.54) is 12.1 Å². The Morgan fingerprint density at radius 1 is 0.967 bits per heavy atom. The molecule has 0 aliphatic heterocycles. The number of anilines is 3. The van der Waals surface area contributed by atoms with Crippen LogP contribution in [-0.4, -0.2) is 17.7 Å². The van der Waals surface area contributed by atoms with Gasteiger partial charge in [-0.15, -0.1) is 0 Å². The Hall–Kier alpha value is -2.83. The maximum atomic E-state index is 12.8. The van der Waals surface area contributed by atoms with Crippen LogP contribution < -0.4 is 16.4 Å². The molecular formula is C23H41FN4O2. The fourth-order valence-corrected chi connectivity index (χ4v) is 1.75. The zero-order valence-corrected chi connectivity index (χ0v) is 20.1. The van der Waals surface area contributed by atoms with Crippen LogP contribution in [0.2, 0.25) is 0 Å². The van der Waals surface area contributed by atoms with Crippen LogP contribution >= 0.6 is 0 Å². The molecule has 0 bridgehead atoms. The van der Waals surface area contributed by atoms with Crippen LogP contribution in [0.3, 0.4) is 0 Å². The van der Waals surface area contributed by atoms with E-state index in [1.807, 2.05) is 55.4 Å². The van der Waals surface area contributed by atoms with Gasteiger partial charge in [0.05, 0.1) is 12.3 Å². The molecule has 2 rings (SSSR count). The fourth-order valence-electron chi connectivity index (χ4n) is 1.75. The van der Waals surface area contributed by atoms with E-state index in [0.29, 0.717) is 18.1 Å². The quantitative estimate of drug-likeness (QED) is 0.477. The van der Waals surface area contributed by atoms with Gasteiger partial charge in [-0.2, -0.15) is 0 Å². The van der Waals surface area contributed by atoms with E-state index in [1.54, 1.807) is 31.2 Å². The fraction of sp³-hybridized carbons (Fsp3) is 0.478. The number of ether oxygens (including phenoxy) is 1. The second kappa shape index (κ2) is 22.5. The van der Waals surface area contributed by atoms with Crippen molar-refractivity contribution in [1.29, 1.82) is 0 Å². The number of nitrogens with one attached hydrogen (secondary N) is 2. The molecular weight excluding hydrogens is 383 g/mol. The zero-order valence-electron chi connectivity index (χ0n) is 20.1. The van der Waals surface area contributed by atoms with Crippen molar-refractivity contribution >= 4 is 23.4 Å². The first-order chi connectivity index (χ1) is 14.6. The van der Waals surface area contributed by atoms with E-state index in [4.69, 9.17) is 10.5 Å². The molecule has 4 N–H and O–H groups in total. The first-order valence-corrected chi connectivity index (χ1v) is 10.8. The monoisotopic (exact) mass is 424 g/mol. The second-order valence-corrected chi connectivity index (χ2v) is 4.45. The number of nitrogens with zero attached hydrogens (tertiary/aromatic N) is 1. The summed E-state index contributed by atoms with van der Waals surface area (Å²) in [6, 6.07) is 9.47. The average Bonchev–Trinajstić information content (AvgIpc) is 2.81. The van der Waals surface area contributed by atoms with E-state index >= 15 is 0 Å². The van der Waals surface area contributed by atoms with E-state index in [0.717, 1.165) is 5.56 Å². The lowest BCUT2D eigenvalue weighted by Gasteiger charge is -2.10. The highest BCUT2D eigenvalue weighted by atomic mass is 19.1. The van der Waals surface area contributed by atoms with Gasteiger partial charge in [0.1, 0.15) is 17.5 Å². The van der Waals surface area contributed by atoms with Crippen molar-refractivity contribution < 1.29 is 13.9 Å². The third kappa shape index (κ3) is 14.2. The summed E-state index contributed by atoms with van der Waals surface area (Å²) in [6.07, 6.45) is -0.581. The van der Waals surface area contributed by atoms with Gasteiger partial charge in [0, 0.05) is 6.54 Å². The van der Waals surface area contributed by atoms with Gasteiger partial charge >= 0.3 is 6.09 Å². The van der Waals surface area contributed by atoms with Crippen molar-refractivity contribution in [2.75, 3.05) is 23.0 Å². The smallest absolute Gasteiger partial charge is 0.411 e. The van der Waals surface area contributed by atoms with Gasteiger partial charge in [0.25, 0.3) is 0 Å². The molecule has 1 amide bonds. The Morgan fingerprint density at radius 3 is 1.97 bits per heavy atom. The highest BCUT2D eigenvalue weighted by molar-refractivity contribution is 5.88. The Bertz CT molecular complexity index is 650. The molecule has 0 aliphatic rings. The molecule has 0 saturated heterocycles. The molecule has 0 spiro atoms. The number of carbonyl (C=O) groups is 1. The van der Waals surface area contributed by atoms with Crippen LogP contribution in [0, 0.1) is 5.82 Å². The topological polar surface area (TPSA) is 89.3 Å². The molecule has 0 atom stereocenters. The number of amides is 1. The largest absolute Gasteiger partial charge is 0.450 e. The molecule has 0 fully saturated rings. The number of pyridine rings is 1. The number of carbonyl (C=O) groups excluding carboxylic acids is 1. The van der Waals surface area contributed by atoms with Crippen molar-refractivity contribution in [1.82, 2.24) is 4.98 Å². The number of nitrogen functional groups attached to an aromatic ring is 1. The number of hydrogen-bond donors (Lipinski definition) is 3. The summed E-state index contributed by atoms with van der Waals surface area (Å²) < 4.78 is 17.6. The Kier molecular flexibility index (Phi) is 23.8. The van der Waals surface area contributed by atoms with Crippen molar-refractivity contribution in [2.24, 2.45) is 0 Å². The molecule has 7 heteroatoms. The average molecular weight is 425 g/mol. The van der Waals surface area contributed by atoms with Crippen LogP contribution in [0.5, 0.6) is 0 Å². The molecule has 172 valence electrons. The lowest BCUT2D eigenvalue weighted by atomic mass is 10.2. The van der Waals surface area contributed by atoms with Gasteiger partial charge in [0.2, 0.25) is 0 Å². The van der Waals surface area contributed by atoms with Crippen LogP contribution in [0.4, 0.5) is 26.5 Å². The minimum atomic E-state index is -0.581. The maximum Gasteiger partial charge on any atom is 0.411 e. The molecule has 30 heavy (non-hydrogen) atoms. The lowest BCUT2D eigenvalue weighted by Crippen LogP contribution is -2.15. The number of benzene rings is 1. The molecule has 1 aromatic carbocycles. The lowest BCUT2D eigenvalue weighted by molar-refractivity contribution is 0.168. The van der Waals surface area contributed by atoms with Gasteiger partial charge in [-0.3, -0.25) is 5.32 Å². The first-order valence-electron chi connectivity index (χ1n) is 10.8. The highest BCUT2D eigenvalue weighted by Crippen LogP contribution is 2.19. The Labute approximate surface area is 182 Å². The van der Waals surface area contributed by atoms with Gasteiger partial charge < -0.3 is 15.8 Å². The number of nitrogens with two attached hydrogens (primary N) is 1. The highest BCUT2D eigenvalue weighted by Gasteiger charge is 2.07. The maximum absolute atomic E-state index is 12.8. The van der Waals surface area contributed by atoms with Gasteiger partial charge in [0.15, 0.2) is 0 Å². The van der Waals surface area contributed by atoms with Crippen LogP contribution in [0.1, 0.15) is 67.9 Å². The Morgan fingerprint density at radius 2 is 1.50 bits per heavy atom. The number of rotatable bonds is 5. The number of aromatic nitrogens is 1. The summed E-state index contributed by atoms with van der Waals surface area (Å²) in [6.45, 7) is 18.5. The van der Waals surface area contributed by atoms with Crippen LogP contribution in [0.25, 0.3) is 0 Å². The molecule has 0 unspecified atom stereocenters. The summed E-state index contributed by atoms with van der Waals surface area (Å²) in [7, 11) is 0. The predicted molar refractivity (Wildman–Crippen MR) is 128 cm³/mol. The van der Waals surface area contributed by atoms with Gasteiger partial charge in [-0.25, -0.2) is 14.2 Å². The third-order valence-electron chi connectivity index (χ3n) is 2.82. The summed E-state index contributed by atoms with van der Waals surface area (Å²) in [4.78, 5) is 15.5. The molecule has 0 radical (unpaired) electrons. The van der Waals surface area contributed by atoms with Crippen molar-refractivity contribution in [2.45, 2.75) is 68.9 Å². The summed E-state index contributed by atoms with van der Waals surface area (Å²) in [5.41, 5.74) is 7.08. The molecule has 6 nitrogen and oxygen atoms in total. The van der Waals surface area contributed by atoms with Crippen molar-refractivity contribution in [3.63, 3.8) is 0 Å². The van der Waals surface area contributed by atoms with E-state index < -0.39 is 6.09 Å². The van der Waals surface area contributed by atoms with Crippen molar-refractivity contribution in [3.8, 4) is 0 Å². The van der Waals surface area contributed by atoms with Gasteiger partial charge in [-0.05, 0) is 36.8 Å². The van der Waals surface area contributed by atoms with Gasteiger partial charge in [-0.1, -0.05) is 67.5 Å². The normalized spacial score (nSPS) is 8.20. The third-order valence-corrected chi connectivity index (χ3v) is 2.82. The summed E-state index contributed by atoms with van der Waals surface area (Å²) >= 11 is 0. The summed E-state index contributed by atoms with van der Waals surface area (Å²) in [5, 5.41) is 5.57. The molecule has 0 saturated carbocycles. The second-order valence-electron chi connectivity index (χ2n) is 4.45. The first kappa shape index (κ1) is 31.9. The number of halogens is 1. The minimum absolute atomic E-state index is 0.178. The van der Waals surface area contributed by atoms with E-state index in [2.05, 4.69) is 15.6 Å². The van der Waals surface area contributed by atoms with E-state index in [9.17, 15) is 9.18 Å². The molecule has 2 aromatic rings. The van der Waals surface area contributed by atoms with Crippen LogP contribution in [-0.2, 0) is 11.3 Å². The standard InChI is InChI=1S/C15H17FN4O2.4C2H6/c1-2-22-15(21)19-12-7-8-13(20-14(12)17)18-9-10-3-5-11(16)6-4-10;4*1-2/h3-8H,2,9H2,1H3,(H,19,21)(H3,17,18,20);4*1-2H3. The van der Waals surface area contributed by atoms with Crippen molar-refractivity contribution in [3.05, 3.63) is 47.8 Å². The minimum Gasteiger partial charge on any atom is -0.450 e. The van der Waals surface area contributed by atoms with Crippen LogP contribution in [0.15, 0.2) is 36.4 Å².